The number of fused-ring (bicyclic) bond motifs is 3. The number of hydrogen-bond donors (Lipinski definition) is 0. The Hall–Kier alpha value is -1.64. The predicted molar refractivity (Wildman–Crippen MR) is 76.5 cm³/mol. The van der Waals surface area contributed by atoms with Gasteiger partial charge in [-0.3, -0.25) is 4.90 Å². The maximum absolute atomic E-state index is 8.99. The molecule has 0 bridgehead atoms. The molecule has 1 atom stereocenters. The average Bonchev–Trinajstić information content (AvgIpc) is 2.64. The van der Waals surface area contributed by atoms with Crippen molar-refractivity contribution in [3.05, 3.63) is 23.4 Å². The molecule has 0 aromatic carbocycles. The number of piperazine rings is 1. The van der Waals surface area contributed by atoms with E-state index >= 15 is 0 Å². The van der Waals surface area contributed by atoms with Gasteiger partial charge in [0.25, 0.3) is 0 Å². The van der Waals surface area contributed by atoms with Gasteiger partial charge in [0.05, 0.1) is 24.8 Å². The summed E-state index contributed by atoms with van der Waals surface area (Å²) in [4.78, 5) is 9.34. The molecule has 0 aliphatic carbocycles. The Balaban J connectivity index is 1.89. The number of nitrogens with zero attached hydrogens (tertiary/aromatic N) is 4. The fraction of sp³-hybridized carbons (Fsp3) is 0.600. The number of anilines is 1. The third-order valence-corrected chi connectivity index (χ3v) is 4.16. The van der Waals surface area contributed by atoms with Gasteiger partial charge in [-0.1, -0.05) is 0 Å². The van der Waals surface area contributed by atoms with Crippen LogP contribution in [0.5, 0.6) is 0 Å². The summed E-state index contributed by atoms with van der Waals surface area (Å²) in [6.07, 6.45) is 1.66. The number of nitriles is 1. The lowest BCUT2D eigenvalue weighted by atomic mass is 10.1. The lowest BCUT2D eigenvalue weighted by Crippen LogP contribution is -2.56. The topological polar surface area (TPSA) is 52.4 Å². The van der Waals surface area contributed by atoms with E-state index in [1.807, 2.05) is 6.07 Å². The van der Waals surface area contributed by atoms with Crippen LogP contribution in [0.1, 0.15) is 25.0 Å². The fourth-order valence-electron chi connectivity index (χ4n) is 3.00. The second-order valence-electron chi connectivity index (χ2n) is 5.77. The Kier molecular flexibility index (Phi) is 3.60. The molecule has 0 saturated carbocycles. The highest BCUT2D eigenvalue weighted by Gasteiger charge is 2.32. The summed E-state index contributed by atoms with van der Waals surface area (Å²) in [5, 5.41) is 8.99. The van der Waals surface area contributed by atoms with E-state index in [0.29, 0.717) is 24.3 Å². The van der Waals surface area contributed by atoms with Crippen molar-refractivity contribution in [2.45, 2.75) is 32.5 Å². The number of aromatic nitrogens is 1. The zero-order valence-electron chi connectivity index (χ0n) is 12.0. The van der Waals surface area contributed by atoms with Crippen molar-refractivity contribution in [3.63, 3.8) is 0 Å². The molecule has 1 aromatic rings. The molecular formula is C15H20N4O. The fourth-order valence-corrected chi connectivity index (χ4v) is 3.00. The molecule has 2 aliphatic heterocycles. The summed E-state index contributed by atoms with van der Waals surface area (Å²) in [5.41, 5.74) is 1.64. The molecule has 5 heteroatoms. The standard InChI is InChI=1S/C15H20N4O/c1-11(2)18-3-4-19-14(8-18)10-20-9-13-5-12(6-16)7-17-15(13)19/h5,7,11,14H,3-4,8-10H2,1-2H3/t14-/m1/s1. The Morgan fingerprint density at radius 2 is 2.30 bits per heavy atom. The van der Waals surface area contributed by atoms with Crippen LogP contribution in [-0.2, 0) is 11.3 Å². The first-order chi connectivity index (χ1) is 9.69. The van der Waals surface area contributed by atoms with Crippen molar-refractivity contribution in [1.82, 2.24) is 9.88 Å². The van der Waals surface area contributed by atoms with Gasteiger partial charge < -0.3 is 9.64 Å². The molecule has 0 N–H and O–H groups in total. The summed E-state index contributed by atoms with van der Waals surface area (Å²) in [5.74, 6) is 0.995. The van der Waals surface area contributed by atoms with E-state index in [4.69, 9.17) is 10.00 Å². The van der Waals surface area contributed by atoms with Crippen LogP contribution in [0, 0.1) is 11.3 Å². The minimum Gasteiger partial charge on any atom is -0.374 e. The van der Waals surface area contributed by atoms with Gasteiger partial charge in [0, 0.05) is 37.4 Å². The number of hydrogen-bond acceptors (Lipinski definition) is 5. The molecule has 1 aromatic heterocycles. The summed E-state index contributed by atoms with van der Waals surface area (Å²) < 4.78 is 5.80. The summed E-state index contributed by atoms with van der Waals surface area (Å²) in [7, 11) is 0. The van der Waals surface area contributed by atoms with Crippen LogP contribution >= 0.6 is 0 Å². The van der Waals surface area contributed by atoms with Crippen molar-refractivity contribution in [1.29, 1.82) is 5.26 Å². The largest absolute Gasteiger partial charge is 0.374 e. The zero-order valence-corrected chi connectivity index (χ0v) is 12.0. The van der Waals surface area contributed by atoms with Crippen LogP contribution < -0.4 is 4.90 Å². The minimum absolute atomic E-state index is 0.354. The Morgan fingerprint density at radius 1 is 1.45 bits per heavy atom. The molecular weight excluding hydrogens is 252 g/mol. The van der Waals surface area contributed by atoms with E-state index in [2.05, 4.69) is 34.7 Å². The summed E-state index contributed by atoms with van der Waals surface area (Å²) >= 11 is 0. The molecule has 3 rings (SSSR count). The predicted octanol–water partition coefficient (Wildman–Crippen LogP) is 1.38. The maximum atomic E-state index is 8.99. The summed E-state index contributed by atoms with van der Waals surface area (Å²) in [6.45, 7) is 8.78. The number of pyridine rings is 1. The van der Waals surface area contributed by atoms with Crippen molar-refractivity contribution < 1.29 is 4.74 Å². The van der Waals surface area contributed by atoms with E-state index in [0.717, 1.165) is 37.6 Å². The smallest absolute Gasteiger partial charge is 0.134 e. The Morgan fingerprint density at radius 3 is 3.05 bits per heavy atom. The molecule has 0 spiro atoms. The van der Waals surface area contributed by atoms with Crippen molar-refractivity contribution >= 4 is 5.82 Å². The average molecular weight is 272 g/mol. The monoisotopic (exact) mass is 272 g/mol. The molecule has 0 amide bonds. The highest BCUT2D eigenvalue weighted by Crippen LogP contribution is 2.27. The number of ether oxygens (including phenoxy) is 1. The molecule has 0 radical (unpaired) electrons. The molecule has 20 heavy (non-hydrogen) atoms. The lowest BCUT2D eigenvalue weighted by molar-refractivity contribution is 0.0836. The van der Waals surface area contributed by atoms with Crippen LogP contribution in [-0.4, -0.2) is 48.2 Å². The van der Waals surface area contributed by atoms with Gasteiger partial charge in [0.2, 0.25) is 0 Å². The van der Waals surface area contributed by atoms with E-state index in [1.54, 1.807) is 6.20 Å². The van der Waals surface area contributed by atoms with Crippen LogP contribution in [0.4, 0.5) is 5.82 Å². The molecule has 1 fully saturated rings. The Labute approximate surface area is 119 Å². The SMILES string of the molecule is CC(C)N1CCN2c3ncc(C#N)cc3COC[C@H]2C1. The minimum atomic E-state index is 0.354. The lowest BCUT2D eigenvalue weighted by Gasteiger charge is -2.42. The molecule has 1 saturated heterocycles. The van der Waals surface area contributed by atoms with Crippen molar-refractivity contribution in [3.8, 4) is 6.07 Å². The molecule has 3 heterocycles. The van der Waals surface area contributed by atoms with Gasteiger partial charge in [-0.2, -0.15) is 5.26 Å². The van der Waals surface area contributed by atoms with E-state index in [9.17, 15) is 0 Å². The highest BCUT2D eigenvalue weighted by atomic mass is 16.5. The van der Waals surface area contributed by atoms with Crippen molar-refractivity contribution in [2.24, 2.45) is 0 Å². The van der Waals surface area contributed by atoms with E-state index < -0.39 is 0 Å². The van der Waals surface area contributed by atoms with Gasteiger partial charge in [0.1, 0.15) is 11.9 Å². The summed E-state index contributed by atoms with van der Waals surface area (Å²) in [6, 6.07) is 4.97. The van der Waals surface area contributed by atoms with Gasteiger partial charge in [0.15, 0.2) is 0 Å². The second-order valence-corrected chi connectivity index (χ2v) is 5.77. The quantitative estimate of drug-likeness (QED) is 0.773. The second kappa shape index (κ2) is 5.39. The zero-order chi connectivity index (χ0) is 14.1. The van der Waals surface area contributed by atoms with Gasteiger partial charge in [-0.25, -0.2) is 4.98 Å². The number of rotatable bonds is 1. The molecule has 106 valence electrons. The van der Waals surface area contributed by atoms with Crippen LogP contribution in [0.15, 0.2) is 12.3 Å². The van der Waals surface area contributed by atoms with E-state index in [1.165, 1.54) is 0 Å². The first-order valence-electron chi connectivity index (χ1n) is 7.16. The van der Waals surface area contributed by atoms with Crippen molar-refractivity contribution in [2.75, 3.05) is 31.1 Å². The molecule has 0 unspecified atom stereocenters. The normalized spacial score (nSPS) is 22.9. The molecule has 2 aliphatic rings. The first kappa shape index (κ1) is 13.3. The highest BCUT2D eigenvalue weighted by molar-refractivity contribution is 5.51. The van der Waals surface area contributed by atoms with Crippen LogP contribution in [0.3, 0.4) is 0 Å². The maximum Gasteiger partial charge on any atom is 0.134 e. The van der Waals surface area contributed by atoms with Gasteiger partial charge in [-0.05, 0) is 19.9 Å². The van der Waals surface area contributed by atoms with Crippen LogP contribution in [0.2, 0.25) is 0 Å². The third kappa shape index (κ3) is 2.37. The van der Waals surface area contributed by atoms with E-state index in [-0.39, 0.29) is 0 Å². The Bertz CT molecular complexity index is 537. The first-order valence-corrected chi connectivity index (χ1v) is 7.16. The molecule has 5 nitrogen and oxygen atoms in total. The van der Waals surface area contributed by atoms with Gasteiger partial charge >= 0.3 is 0 Å². The van der Waals surface area contributed by atoms with Crippen LogP contribution in [0.25, 0.3) is 0 Å². The third-order valence-electron chi connectivity index (χ3n) is 4.16. The van der Waals surface area contributed by atoms with Gasteiger partial charge in [-0.15, -0.1) is 0 Å².